The van der Waals surface area contributed by atoms with Gasteiger partial charge in [-0.3, -0.25) is 14.6 Å². The van der Waals surface area contributed by atoms with Crippen molar-refractivity contribution in [3.8, 4) is 6.07 Å². The molecule has 2 bridgehead atoms. The SMILES string of the molecule is N#CC1CC2CC2N1C(=O)[C@H](N)C1CC2CC[C@H](C1)N2C(=O)c1cnccn1. The van der Waals surface area contributed by atoms with Crippen molar-refractivity contribution in [2.75, 3.05) is 0 Å². The lowest BCUT2D eigenvalue weighted by Gasteiger charge is -2.41. The molecule has 5 unspecified atom stereocenters. The topological polar surface area (TPSA) is 116 Å². The average molecular weight is 380 g/mol. The lowest BCUT2D eigenvalue weighted by atomic mass is 9.84. The summed E-state index contributed by atoms with van der Waals surface area (Å²) < 4.78 is 0. The summed E-state index contributed by atoms with van der Waals surface area (Å²) in [5, 5.41) is 9.37. The number of nitrogens with two attached hydrogens (primary N) is 1. The van der Waals surface area contributed by atoms with Gasteiger partial charge >= 0.3 is 0 Å². The van der Waals surface area contributed by atoms with Crippen molar-refractivity contribution in [3.05, 3.63) is 24.3 Å². The van der Waals surface area contributed by atoms with E-state index in [1.54, 1.807) is 11.1 Å². The van der Waals surface area contributed by atoms with E-state index in [4.69, 9.17) is 5.73 Å². The molecule has 28 heavy (non-hydrogen) atoms. The van der Waals surface area contributed by atoms with Crippen LogP contribution in [0.5, 0.6) is 0 Å². The number of carbonyl (C=O) groups excluding carboxylic acids is 2. The van der Waals surface area contributed by atoms with E-state index in [2.05, 4.69) is 16.0 Å². The lowest BCUT2D eigenvalue weighted by molar-refractivity contribution is -0.135. The van der Waals surface area contributed by atoms with Crippen LogP contribution in [0.4, 0.5) is 0 Å². The Balaban J connectivity index is 1.29. The molecule has 4 fully saturated rings. The normalized spacial score (nSPS) is 36.6. The Labute approximate surface area is 163 Å². The molecule has 1 aliphatic carbocycles. The predicted molar refractivity (Wildman–Crippen MR) is 98.5 cm³/mol. The van der Waals surface area contributed by atoms with Gasteiger partial charge in [0.15, 0.2) is 0 Å². The number of aromatic nitrogens is 2. The molecule has 4 heterocycles. The van der Waals surface area contributed by atoms with Crippen molar-refractivity contribution in [2.24, 2.45) is 17.6 Å². The minimum Gasteiger partial charge on any atom is -0.331 e. The molecule has 0 spiro atoms. The molecular weight excluding hydrogens is 356 g/mol. The first-order valence-corrected chi connectivity index (χ1v) is 10.1. The predicted octanol–water partition coefficient (Wildman–Crippen LogP) is 0.700. The number of nitriles is 1. The van der Waals surface area contributed by atoms with Crippen LogP contribution in [-0.2, 0) is 4.79 Å². The van der Waals surface area contributed by atoms with E-state index in [0.717, 1.165) is 38.5 Å². The smallest absolute Gasteiger partial charge is 0.274 e. The van der Waals surface area contributed by atoms with Crippen LogP contribution in [0, 0.1) is 23.2 Å². The Bertz CT molecular complexity index is 825. The van der Waals surface area contributed by atoms with Crippen LogP contribution < -0.4 is 5.73 Å². The third-order valence-electron chi connectivity index (χ3n) is 7.09. The van der Waals surface area contributed by atoms with Crippen molar-refractivity contribution in [1.29, 1.82) is 5.26 Å². The van der Waals surface area contributed by atoms with Crippen LogP contribution in [0.1, 0.15) is 49.0 Å². The summed E-state index contributed by atoms with van der Waals surface area (Å²) in [6.45, 7) is 0. The Hall–Kier alpha value is -2.53. The van der Waals surface area contributed by atoms with Gasteiger partial charge in [-0.05, 0) is 50.4 Å². The Morgan fingerprint density at radius 1 is 1.14 bits per heavy atom. The van der Waals surface area contributed by atoms with Crippen LogP contribution in [0.25, 0.3) is 0 Å². The molecule has 7 atom stereocenters. The number of rotatable bonds is 3. The second-order valence-corrected chi connectivity index (χ2v) is 8.63. The van der Waals surface area contributed by atoms with Gasteiger partial charge in [-0.15, -0.1) is 0 Å². The van der Waals surface area contributed by atoms with E-state index in [-0.39, 0.29) is 41.9 Å². The zero-order chi connectivity index (χ0) is 19.4. The Morgan fingerprint density at radius 3 is 2.54 bits per heavy atom. The van der Waals surface area contributed by atoms with Gasteiger partial charge in [0, 0.05) is 30.5 Å². The molecule has 3 aliphatic heterocycles. The van der Waals surface area contributed by atoms with Gasteiger partial charge in [0.25, 0.3) is 5.91 Å². The fraction of sp³-hybridized carbons (Fsp3) is 0.650. The molecule has 1 aromatic rings. The van der Waals surface area contributed by atoms with Crippen molar-refractivity contribution >= 4 is 11.8 Å². The quantitative estimate of drug-likeness (QED) is 0.825. The molecule has 5 rings (SSSR count). The maximum Gasteiger partial charge on any atom is 0.274 e. The molecular formula is C20H24N6O2. The summed E-state index contributed by atoms with van der Waals surface area (Å²) in [7, 11) is 0. The molecule has 0 aromatic carbocycles. The molecule has 4 aliphatic rings. The van der Waals surface area contributed by atoms with Gasteiger partial charge < -0.3 is 15.5 Å². The number of likely N-dealkylation sites (tertiary alicyclic amines) is 1. The number of amides is 2. The first-order chi connectivity index (χ1) is 13.6. The summed E-state index contributed by atoms with van der Waals surface area (Å²) in [6.07, 6.45) is 9.71. The molecule has 146 valence electrons. The van der Waals surface area contributed by atoms with Crippen LogP contribution in [-0.4, -0.2) is 61.8 Å². The zero-order valence-corrected chi connectivity index (χ0v) is 15.6. The van der Waals surface area contributed by atoms with Crippen molar-refractivity contribution in [3.63, 3.8) is 0 Å². The number of piperidine rings is 2. The van der Waals surface area contributed by atoms with Gasteiger partial charge in [0.2, 0.25) is 5.91 Å². The minimum absolute atomic E-state index is 0.0491. The highest BCUT2D eigenvalue weighted by molar-refractivity contribution is 5.92. The molecule has 3 saturated heterocycles. The lowest BCUT2D eigenvalue weighted by Crippen LogP contribution is -2.55. The van der Waals surface area contributed by atoms with E-state index in [9.17, 15) is 14.9 Å². The maximum atomic E-state index is 13.1. The number of fused-ring (bicyclic) bond motifs is 3. The second kappa shape index (κ2) is 6.52. The van der Waals surface area contributed by atoms with Crippen LogP contribution in [0.2, 0.25) is 0 Å². The van der Waals surface area contributed by atoms with Crippen molar-refractivity contribution < 1.29 is 9.59 Å². The molecule has 1 saturated carbocycles. The van der Waals surface area contributed by atoms with Gasteiger partial charge in [0.1, 0.15) is 11.7 Å². The molecule has 0 radical (unpaired) electrons. The molecule has 2 amide bonds. The molecule has 8 heteroatoms. The average Bonchev–Trinajstić information content (AvgIpc) is 3.32. The van der Waals surface area contributed by atoms with E-state index < -0.39 is 6.04 Å². The third-order valence-corrected chi connectivity index (χ3v) is 7.09. The monoisotopic (exact) mass is 380 g/mol. The Kier molecular flexibility index (Phi) is 4.09. The number of nitrogens with zero attached hydrogens (tertiary/aromatic N) is 5. The first-order valence-electron chi connectivity index (χ1n) is 10.1. The van der Waals surface area contributed by atoms with Gasteiger partial charge in [-0.2, -0.15) is 5.26 Å². The molecule has 8 nitrogen and oxygen atoms in total. The summed E-state index contributed by atoms with van der Waals surface area (Å²) in [5.74, 6) is 0.384. The maximum absolute atomic E-state index is 13.1. The highest BCUT2D eigenvalue weighted by Crippen LogP contribution is 2.48. The van der Waals surface area contributed by atoms with Crippen molar-refractivity contribution in [1.82, 2.24) is 19.8 Å². The van der Waals surface area contributed by atoms with Gasteiger partial charge in [-0.1, -0.05) is 0 Å². The fourth-order valence-electron chi connectivity index (χ4n) is 5.65. The number of hydrogen-bond acceptors (Lipinski definition) is 6. The summed E-state index contributed by atoms with van der Waals surface area (Å²) in [4.78, 5) is 37.8. The Morgan fingerprint density at radius 2 is 1.89 bits per heavy atom. The van der Waals surface area contributed by atoms with Crippen LogP contribution in [0.15, 0.2) is 18.6 Å². The number of hydrogen-bond donors (Lipinski definition) is 1. The third kappa shape index (κ3) is 2.68. The zero-order valence-electron chi connectivity index (χ0n) is 15.6. The van der Waals surface area contributed by atoms with Crippen LogP contribution in [0.3, 0.4) is 0 Å². The largest absolute Gasteiger partial charge is 0.331 e. The van der Waals surface area contributed by atoms with E-state index >= 15 is 0 Å². The summed E-state index contributed by atoms with van der Waals surface area (Å²) in [5.41, 5.74) is 6.80. The highest BCUT2D eigenvalue weighted by Gasteiger charge is 2.56. The standard InChI is InChI=1S/C20H24N6O2/c21-9-15-5-11-8-17(11)26(15)20(28)18(22)12-6-13-1-2-14(7-12)25(13)19(27)16-10-23-3-4-24-16/h3-4,10-15,17-18H,1-2,5-8,22H2/t11?,12?,13-,14?,15?,17?,18-/m1/s1. The first kappa shape index (κ1) is 17.6. The number of carbonyl (C=O) groups is 2. The summed E-state index contributed by atoms with van der Waals surface area (Å²) in [6, 6.07) is 1.76. The molecule has 1 aromatic heterocycles. The van der Waals surface area contributed by atoms with Crippen LogP contribution >= 0.6 is 0 Å². The fourth-order valence-corrected chi connectivity index (χ4v) is 5.65. The second-order valence-electron chi connectivity index (χ2n) is 8.63. The van der Waals surface area contributed by atoms with Crippen molar-refractivity contribution in [2.45, 2.75) is 68.7 Å². The van der Waals surface area contributed by atoms with E-state index in [1.165, 1.54) is 12.4 Å². The van der Waals surface area contributed by atoms with Gasteiger partial charge in [0.05, 0.1) is 18.3 Å². The molecule has 2 N–H and O–H groups in total. The summed E-state index contributed by atoms with van der Waals surface area (Å²) >= 11 is 0. The minimum atomic E-state index is -0.591. The van der Waals surface area contributed by atoms with Gasteiger partial charge in [-0.25, -0.2) is 4.98 Å². The highest BCUT2D eigenvalue weighted by atomic mass is 16.2. The van der Waals surface area contributed by atoms with E-state index in [0.29, 0.717) is 11.6 Å². The van der Waals surface area contributed by atoms with E-state index in [1.807, 2.05) is 4.90 Å².